The van der Waals surface area contributed by atoms with Crippen molar-refractivity contribution in [1.29, 1.82) is 0 Å². The molecule has 53 heteroatoms. The third-order valence-electron chi connectivity index (χ3n) is 24.1. The Labute approximate surface area is 823 Å². The summed E-state index contributed by atoms with van der Waals surface area (Å²) in [6, 6.07) is 22.7. The summed E-state index contributed by atoms with van der Waals surface area (Å²) in [6.45, 7) is 3.25. The number of carbonyl (C=O) groups excluding carboxylic acids is 4. The predicted octanol–water partition coefficient (Wildman–Crippen LogP) is 6.75. The molecule has 14 N–H and O–H groups in total. The molecule has 16 rings (SSSR count). The lowest BCUT2D eigenvalue weighted by Gasteiger charge is -2.18. The predicted molar refractivity (Wildman–Crippen MR) is 499 cm³/mol. The van der Waals surface area contributed by atoms with Gasteiger partial charge in [-0.15, -0.1) is 0 Å². The van der Waals surface area contributed by atoms with Crippen LogP contribution < -0.4 is 31.2 Å². The second-order valence-corrected chi connectivity index (χ2v) is 40.6. The SMILES string of the molecule is Cc1cc(C(=O)c2cncnc2C[C@@H]2C[C@@H](COS(N)(=O)=O)[C@@H](O)C2)nn1Cc1cccc(Br)c1.NS(=O)(=O)OC[C@H]1C[C@@H](Cc2ncncc2C(=O)c2ccn(Cc3cccc(C(F)(F)F)c3)c2)[C@@H](F)[C@@H]1O.NS(=O)(=O)OC[C@H]1C[C@@H](Nc2ncncc2C(=O)c2ccn(CC3=CCOCC3)c2)[C@@H](F)[C@@H]1O.NS(=O)(=O)OC[C@H]1C[C@@H](Nc2ncncc2C(=O)c2ccn(Cc3cccc(Cl)n3)c2)[C@@H](F)[C@@H]1O. The Morgan fingerprint density at radius 3 is 1.49 bits per heavy atom. The molecule has 9 aromatic heterocycles. The van der Waals surface area contributed by atoms with Crippen LogP contribution in [0.1, 0.15) is 142 Å². The summed E-state index contributed by atoms with van der Waals surface area (Å²) in [6.07, 6.45) is 9.93. The Bertz CT molecular complexity index is 6840. The van der Waals surface area contributed by atoms with E-state index in [2.05, 4.69) is 93.3 Å². The lowest BCUT2D eigenvalue weighted by molar-refractivity contribution is -0.137. The second kappa shape index (κ2) is 47.4. The van der Waals surface area contributed by atoms with E-state index >= 15 is 0 Å². The molecule has 1 aliphatic heterocycles. The van der Waals surface area contributed by atoms with E-state index in [0.29, 0.717) is 96.6 Å². The van der Waals surface area contributed by atoms with Crippen LogP contribution in [0.2, 0.25) is 5.15 Å². The van der Waals surface area contributed by atoms with Crippen molar-refractivity contribution in [2.45, 2.75) is 146 Å². The molecule has 41 nitrogen and oxygen atoms in total. The largest absolute Gasteiger partial charge is 0.416 e. The quantitative estimate of drug-likeness (QED) is 0.00840. The molecule has 15 atom stereocenters. The number of carbonyl (C=O) groups is 4. The van der Waals surface area contributed by atoms with E-state index in [-0.39, 0.29) is 102 Å². The summed E-state index contributed by atoms with van der Waals surface area (Å²) in [5.74, 6) is -4.86. The van der Waals surface area contributed by atoms with Crippen molar-refractivity contribution < 1.29 is 121 Å². The number of alkyl halides is 6. The highest BCUT2D eigenvalue weighted by Crippen LogP contribution is 2.40. The van der Waals surface area contributed by atoms with Gasteiger partial charge in [-0.05, 0) is 142 Å². The molecule has 10 heterocycles. The Balaban J connectivity index is 0.000000159. The molecule has 0 spiro atoms. The normalized spacial score (nSPS) is 22.4. The van der Waals surface area contributed by atoms with Crippen LogP contribution in [-0.2, 0) is 108 Å². The monoisotopic (exact) mass is 2140 g/mol. The minimum atomic E-state index is -4.47. The van der Waals surface area contributed by atoms with Gasteiger partial charge < -0.3 is 49.5 Å². The molecule has 11 aromatic rings. The van der Waals surface area contributed by atoms with Crippen LogP contribution in [0, 0.1) is 42.4 Å². The fraction of sp³-hybridized carbons (Fsp3) is 0.393. The second-order valence-electron chi connectivity index (χ2n) is 34.4. The number of aryl methyl sites for hydroxylation is 1. The van der Waals surface area contributed by atoms with Crippen LogP contribution in [0.3, 0.4) is 0 Å². The number of aliphatic hydroxyl groups excluding tert-OH is 4. The molecular formula is C89H98BrClF6N20O21S4. The van der Waals surface area contributed by atoms with Crippen molar-refractivity contribution in [3.8, 4) is 0 Å². The van der Waals surface area contributed by atoms with Gasteiger partial charge in [0.25, 0.3) is 0 Å². The first-order chi connectivity index (χ1) is 67.2. The van der Waals surface area contributed by atoms with E-state index < -0.39 is 163 Å². The van der Waals surface area contributed by atoms with Crippen molar-refractivity contribution in [2.75, 3.05) is 50.3 Å². The smallest absolute Gasteiger partial charge is 0.393 e. The van der Waals surface area contributed by atoms with Crippen LogP contribution in [0.15, 0.2) is 194 Å². The van der Waals surface area contributed by atoms with E-state index in [1.807, 2.05) is 47.9 Å². The van der Waals surface area contributed by atoms with Crippen LogP contribution >= 0.6 is 27.5 Å². The van der Waals surface area contributed by atoms with Gasteiger partial charge in [0.2, 0.25) is 5.78 Å². The van der Waals surface area contributed by atoms with Crippen LogP contribution in [0.5, 0.6) is 0 Å². The van der Waals surface area contributed by atoms with Gasteiger partial charge in [-0.1, -0.05) is 69.5 Å². The van der Waals surface area contributed by atoms with E-state index in [4.69, 9.17) is 36.9 Å². The van der Waals surface area contributed by atoms with Crippen molar-refractivity contribution in [2.24, 2.45) is 56.1 Å². The van der Waals surface area contributed by atoms with Crippen LogP contribution in [0.25, 0.3) is 0 Å². The third-order valence-corrected chi connectivity index (χ3v) is 26.7. The Morgan fingerprint density at radius 1 is 0.521 bits per heavy atom. The fourth-order valence-corrected chi connectivity index (χ4v) is 19.2. The molecule has 0 bridgehead atoms. The zero-order chi connectivity index (χ0) is 102. The fourth-order valence-electron chi connectivity index (χ4n) is 17.1. The summed E-state index contributed by atoms with van der Waals surface area (Å²) in [5, 5.41) is 70.7. The highest BCUT2D eigenvalue weighted by atomic mass is 79.9. The number of hydrogen-bond acceptors (Lipinski definition) is 33. The zero-order valence-electron chi connectivity index (χ0n) is 75.2. The maximum atomic E-state index is 14.8. The number of aliphatic hydroxyl groups is 4. The van der Waals surface area contributed by atoms with E-state index in [1.54, 1.807) is 81.2 Å². The number of halogens is 8. The summed E-state index contributed by atoms with van der Waals surface area (Å²) < 4.78 is 203. The van der Waals surface area contributed by atoms with Gasteiger partial charge in [-0.25, -0.2) is 78.6 Å². The van der Waals surface area contributed by atoms with Crippen molar-refractivity contribution in [3.05, 3.63) is 284 Å². The van der Waals surface area contributed by atoms with Gasteiger partial charge in [-0.2, -0.15) is 51.9 Å². The number of ether oxygens (including phenoxy) is 1. The lowest BCUT2D eigenvalue weighted by atomic mass is 9.95. The standard InChI is InChI=1S/C24H24F4N4O5S.C23H26BrN5O5S.C21H22ClFN6O5S.C21H26FN5O6S/c25-21-16(7-17(23(21)34)12-37-38(29,35)36)8-20-19(9-30-13-31-20)22(33)15-4-5-32(11-15)10-14-2-1-3-18(6-14)24(26,27)28;1-14-5-21(28-29(14)11-15-3-2-4-18(24)7-15)23(31)19-10-26-13-27-20(19)8-16-6-17(22(30)9-16)12-34-35(25,32)33;22-17-3-1-2-14(27-17)9-29-5-4-12(8-29)19(30)15-7-25-11-26-21(15)28-16-6-13(20(31)18(16)23)10-34-35(24,32)33;22-18-17(7-15(20(18)29)11-33-34(23,30)31)26-21-16(8-24-12-25-21)19(28)14-1-4-27(10-14)9-13-2-5-32-6-3-13/h1-6,9,11,13,16-17,21,23,34H,7-8,10,12H2,(H2,29,35,36);2-5,7,10,13,16-17,22,30H,6,8-9,11-12H2,1H3,(H2,25,32,33);1-5,7-8,11,13,16,18,20,31H,6,9-10H2,(H2,24,32,33)(H,25,26,28);1-2,4,8,10,12,15,17-18,20,29H,3,5-7,9,11H2,(H2,23,30,31)(H,24,25,26)/t16-,17+,21+,23+;16-,17-,22-;13-,16-,18-,20-;15-,17-,18-,20-/m0011/s1. The van der Waals surface area contributed by atoms with Crippen molar-refractivity contribution in [3.63, 3.8) is 0 Å². The zero-order valence-corrected chi connectivity index (χ0v) is 80.8. The molecule has 0 amide bonds. The number of ketones is 4. The van der Waals surface area contributed by atoms with E-state index in [1.165, 1.54) is 74.0 Å². The van der Waals surface area contributed by atoms with Crippen LogP contribution in [-0.4, -0.2) is 240 Å². The summed E-state index contributed by atoms with van der Waals surface area (Å²) in [4.78, 5) is 89.5. The van der Waals surface area contributed by atoms with Gasteiger partial charge in [0.05, 0.1) is 134 Å². The minimum Gasteiger partial charge on any atom is -0.393 e. The Morgan fingerprint density at radius 2 is 0.979 bits per heavy atom. The van der Waals surface area contributed by atoms with E-state index in [0.717, 1.165) is 34.3 Å². The first kappa shape index (κ1) is 108. The number of benzene rings is 2. The molecule has 0 unspecified atom stereocenters. The van der Waals surface area contributed by atoms with Crippen LogP contribution in [0.4, 0.5) is 38.0 Å². The van der Waals surface area contributed by atoms with Gasteiger partial charge in [0.1, 0.15) is 66.3 Å². The molecule has 142 heavy (non-hydrogen) atoms. The molecule has 760 valence electrons. The molecule has 4 saturated carbocycles. The molecule has 4 aliphatic carbocycles. The molecule has 4 fully saturated rings. The Hall–Kier alpha value is -11.4. The van der Waals surface area contributed by atoms with Gasteiger partial charge >= 0.3 is 47.4 Å². The summed E-state index contributed by atoms with van der Waals surface area (Å²) in [7, 11) is -16.8. The first-order valence-electron chi connectivity index (χ1n) is 43.7. The number of nitrogens with two attached hydrogens (primary N) is 4. The van der Waals surface area contributed by atoms with Crippen molar-refractivity contribution in [1.82, 2.24) is 68.3 Å². The Kier molecular flexibility index (Phi) is 36.0. The maximum absolute atomic E-state index is 14.8. The number of nitrogens with zero attached hydrogens (tertiary/aromatic N) is 14. The number of pyridine rings is 1. The number of aromatic nitrogens is 14. The topological polar surface area (TPSA) is 609 Å². The highest BCUT2D eigenvalue weighted by Gasteiger charge is 2.48. The molecular weight excluding hydrogens is 2040 g/mol. The summed E-state index contributed by atoms with van der Waals surface area (Å²) in [5.41, 5.74) is 6.31. The number of nitrogens with one attached hydrogen (secondary N) is 2. The molecule has 0 radical (unpaired) electrons. The third kappa shape index (κ3) is 30.1. The van der Waals surface area contributed by atoms with Gasteiger partial charge in [0, 0.05) is 126 Å². The average molecular weight is 2140 g/mol. The molecule has 5 aliphatic rings. The first-order valence-corrected chi connectivity index (χ1v) is 50.8. The number of anilines is 2. The minimum absolute atomic E-state index is 0.00338. The number of rotatable bonds is 36. The lowest BCUT2D eigenvalue weighted by Crippen LogP contribution is -2.33. The number of hydrogen-bond donors (Lipinski definition) is 10. The van der Waals surface area contributed by atoms with Crippen molar-refractivity contribution >= 4 is 104 Å². The summed E-state index contributed by atoms with van der Waals surface area (Å²) >= 11 is 9.39. The molecule has 0 saturated heterocycles. The van der Waals surface area contributed by atoms with Gasteiger partial charge in [-0.3, -0.25) is 40.6 Å². The van der Waals surface area contributed by atoms with E-state index in [9.17, 15) is 99.6 Å². The average Bonchev–Trinajstić information content (AvgIpc) is 1.66. The van der Waals surface area contributed by atoms with Gasteiger partial charge in [0.15, 0.2) is 17.3 Å². The maximum Gasteiger partial charge on any atom is 0.416 e. The molecule has 2 aromatic carbocycles. The highest BCUT2D eigenvalue weighted by molar-refractivity contribution is 9.10.